The average molecular weight is 345 g/mol. The van der Waals surface area contributed by atoms with Crippen molar-refractivity contribution < 1.29 is 19.0 Å². The van der Waals surface area contributed by atoms with E-state index in [1.165, 1.54) is 6.20 Å². The fraction of sp³-hybridized carbons (Fsp3) is 0.333. The van der Waals surface area contributed by atoms with Gasteiger partial charge in [-0.25, -0.2) is 0 Å². The third-order valence-electron chi connectivity index (χ3n) is 3.51. The summed E-state index contributed by atoms with van der Waals surface area (Å²) in [6.45, 7) is 1.42. The Morgan fingerprint density at radius 2 is 1.96 bits per heavy atom. The Hall–Kier alpha value is -2.80. The van der Waals surface area contributed by atoms with Crippen LogP contribution >= 0.6 is 0 Å². The van der Waals surface area contributed by atoms with Gasteiger partial charge >= 0.3 is 0 Å². The number of carbonyl (C=O) groups is 1. The molecular formula is C18H23N3O4. The standard InChI is InChI=1S/C18H23N3O4/c1-23-8-4-7-20-14-9-13(11-19-12-14)18(22)21-16-10-15(24-2)5-6-17(16)25-3/h5-6,9-12,20H,4,7-8H2,1-3H3,(H,21,22). The zero-order valence-electron chi connectivity index (χ0n) is 14.7. The number of anilines is 2. The van der Waals surface area contributed by atoms with Gasteiger partial charge in [0.05, 0.1) is 31.2 Å². The molecule has 0 aliphatic heterocycles. The summed E-state index contributed by atoms with van der Waals surface area (Å²) in [5.41, 5.74) is 1.76. The summed E-state index contributed by atoms with van der Waals surface area (Å²) >= 11 is 0. The van der Waals surface area contributed by atoms with Gasteiger partial charge in [-0.3, -0.25) is 9.78 Å². The van der Waals surface area contributed by atoms with Crippen LogP contribution in [0.5, 0.6) is 11.5 Å². The lowest BCUT2D eigenvalue weighted by Crippen LogP contribution is -2.14. The van der Waals surface area contributed by atoms with Crippen molar-refractivity contribution in [3.8, 4) is 11.5 Å². The Morgan fingerprint density at radius 1 is 1.12 bits per heavy atom. The second-order valence-corrected chi connectivity index (χ2v) is 5.26. The summed E-state index contributed by atoms with van der Waals surface area (Å²) in [6.07, 6.45) is 4.06. The summed E-state index contributed by atoms with van der Waals surface area (Å²) in [6, 6.07) is 6.96. The van der Waals surface area contributed by atoms with Crippen molar-refractivity contribution in [2.45, 2.75) is 6.42 Å². The van der Waals surface area contributed by atoms with Gasteiger partial charge in [0.25, 0.3) is 5.91 Å². The number of hydrogen-bond donors (Lipinski definition) is 2. The van der Waals surface area contributed by atoms with E-state index < -0.39 is 0 Å². The molecule has 0 fully saturated rings. The lowest BCUT2D eigenvalue weighted by molar-refractivity contribution is 0.102. The Morgan fingerprint density at radius 3 is 2.68 bits per heavy atom. The van der Waals surface area contributed by atoms with Crippen LogP contribution in [0.15, 0.2) is 36.7 Å². The van der Waals surface area contributed by atoms with Crippen LogP contribution in [0.2, 0.25) is 0 Å². The minimum absolute atomic E-state index is 0.278. The molecule has 0 unspecified atom stereocenters. The number of aromatic nitrogens is 1. The number of hydrogen-bond acceptors (Lipinski definition) is 6. The van der Waals surface area contributed by atoms with Crippen LogP contribution in [0.25, 0.3) is 0 Å². The normalized spacial score (nSPS) is 10.2. The van der Waals surface area contributed by atoms with E-state index in [1.807, 2.05) is 0 Å². The molecule has 0 atom stereocenters. The molecular weight excluding hydrogens is 322 g/mol. The number of rotatable bonds is 9. The molecule has 0 bridgehead atoms. The first kappa shape index (κ1) is 18.5. The Labute approximate surface area is 147 Å². The summed E-state index contributed by atoms with van der Waals surface area (Å²) in [7, 11) is 4.78. The second kappa shape index (κ2) is 9.48. The number of methoxy groups -OCH3 is 3. The fourth-order valence-corrected chi connectivity index (χ4v) is 2.22. The van der Waals surface area contributed by atoms with E-state index in [1.54, 1.807) is 51.8 Å². The zero-order chi connectivity index (χ0) is 18.1. The molecule has 0 aliphatic carbocycles. The summed E-state index contributed by atoms with van der Waals surface area (Å²) in [5.74, 6) is 0.901. The zero-order valence-corrected chi connectivity index (χ0v) is 14.7. The van der Waals surface area contributed by atoms with Gasteiger partial charge in [0, 0.05) is 38.7 Å². The van der Waals surface area contributed by atoms with Crippen molar-refractivity contribution in [2.24, 2.45) is 0 Å². The smallest absolute Gasteiger partial charge is 0.257 e. The highest BCUT2D eigenvalue weighted by Crippen LogP contribution is 2.29. The van der Waals surface area contributed by atoms with Crippen LogP contribution in [-0.4, -0.2) is 45.4 Å². The van der Waals surface area contributed by atoms with Crippen LogP contribution in [-0.2, 0) is 4.74 Å². The molecule has 7 heteroatoms. The van der Waals surface area contributed by atoms with Crippen LogP contribution in [0.4, 0.5) is 11.4 Å². The van der Waals surface area contributed by atoms with E-state index in [-0.39, 0.29) is 5.91 Å². The number of benzene rings is 1. The number of amides is 1. The average Bonchev–Trinajstić information content (AvgIpc) is 2.65. The molecule has 2 rings (SSSR count). The van der Waals surface area contributed by atoms with Crippen LogP contribution in [0.1, 0.15) is 16.8 Å². The van der Waals surface area contributed by atoms with Gasteiger partial charge < -0.3 is 24.8 Å². The van der Waals surface area contributed by atoms with E-state index >= 15 is 0 Å². The quantitative estimate of drug-likeness (QED) is 0.680. The predicted molar refractivity (Wildman–Crippen MR) is 96.7 cm³/mol. The topological polar surface area (TPSA) is 81.7 Å². The first-order chi connectivity index (χ1) is 12.2. The molecule has 25 heavy (non-hydrogen) atoms. The molecule has 0 aliphatic rings. The molecule has 1 amide bonds. The van der Waals surface area contributed by atoms with Gasteiger partial charge in [-0.2, -0.15) is 0 Å². The van der Waals surface area contributed by atoms with E-state index in [0.29, 0.717) is 29.4 Å². The molecule has 0 spiro atoms. The van der Waals surface area contributed by atoms with Crippen LogP contribution in [0.3, 0.4) is 0 Å². The highest BCUT2D eigenvalue weighted by molar-refractivity contribution is 6.05. The van der Waals surface area contributed by atoms with Crippen molar-refractivity contribution in [3.63, 3.8) is 0 Å². The van der Waals surface area contributed by atoms with Crippen molar-refractivity contribution in [3.05, 3.63) is 42.2 Å². The molecule has 0 radical (unpaired) electrons. The van der Waals surface area contributed by atoms with Crippen LogP contribution < -0.4 is 20.1 Å². The summed E-state index contributed by atoms with van der Waals surface area (Å²) < 4.78 is 15.5. The third-order valence-corrected chi connectivity index (χ3v) is 3.51. The Kier molecular flexibility index (Phi) is 7.03. The largest absolute Gasteiger partial charge is 0.497 e. The first-order valence-electron chi connectivity index (χ1n) is 7.89. The van der Waals surface area contributed by atoms with E-state index in [4.69, 9.17) is 14.2 Å². The van der Waals surface area contributed by atoms with E-state index in [2.05, 4.69) is 15.6 Å². The molecule has 0 saturated carbocycles. The molecule has 1 aromatic carbocycles. The number of pyridine rings is 1. The summed E-state index contributed by atoms with van der Waals surface area (Å²) in [5, 5.41) is 6.04. The van der Waals surface area contributed by atoms with Gasteiger partial charge in [0.2, 0.25) is 0 Å². The van der Waals surface area contributed by atoms with Crippen molar-refractivity contribution in [1.82, 2.24) is 4.98 Å². The highest BCUT2D eigenvalue weighted by atomic mass is 16.5. The molecule has 7 nitrogen and oxygen atoms in total. The Balaban J connectivity index is 2.08. The monoisotopic (exact) mass is 345 g/mol. The van der Waals surface area contributed by atoms with Crippen molar-refractivity contribution in [2.75, 3.05) is 45.1 Å². The summed E-state index contributed by atoms with van der Waals surface area (Å²) in [4.78, 5) is 16.6. The van der Waals surface area contributed by atoms with Crippen molar-refractivity contribution >= 4 is 17.3 Å². The second-order valence-electron chi connectivity index (χ2n) is 5.26. The third kappa shape index (κ3) is 5.36. The number of nitrogens with zero attached hydrogens (tertiary/aromatic N) is 1. The first-order valence-corrected chi connectivity index (χ1v) is 7.89. The maximum Gasteiger partial charge on any atom is 0.257 e. The molecule has 2 N–H and O–H groups in total. The van der Waals surface area contributed by atoms with E-state index in [0.717, 1.165) is 18.7 Å². The SMILES string of the molecule is COCCCNc1cncc(C(=O)Nc2cc(OC)ccc2OC)c1. The molecule has 0 saturated heterocycles. The lowest BCUT2D eigenvalue weighted by Gasteiger charge is -2.12. The van der Waals surface area contributed by atoms with Gasteiger partial charge in [-0.15, -0.1) is 0 Å². The fourth-order valence-electron chi connectivity index (χ4n) is 2.22. The molecule has 2 aromatic rings. The lowest BCUT2D eigenvalue weighted by atomic mass is 10.2. The number of ether oxygens (including phenoxy) is 3. The number of nitrogens with one attached hydrogen (secondary N) is 2. The van der Waals surface area contributed by atoms with Gasteiger partial charge in [0.1, 0.15) is 11.5 Å². The molecule has 134 valence electrons. The van der Waals surface area contributed by atoms with Crippen LogP contribution in [0, 0.1) is 0 Å². The maximum absolute atomic E-state index is 12.5. The minimum atomic E-state index is -0.278. The minimum Gasteiger partial charge on any atom is -0.497 e. The molecule has 1 heterocycles. The molecule has 1 aromatic heterocycles. The van der Waals surface area contributed by atoms with Gasteiger partial charge in [0.15, 0.2) is 0 Å². The van der Waals surface area contributed by atoms with E-state index in [9.17, 15) is 4.79 Å². The number of carbonyl (C=O) groups excluding carboxylic acids is 1. The van der Waals surface area contributed by atoms with Gasteiger partial charge in [-0.05, 0) is 24.6 Å². The highest BCUT2D eigenvalue weighted by Gasteiger charge is 2.12. The Bertz CT molecular complexity index is 706. The van der Waals surface area contributed by atoms with Crippen molar-refractivity contribution in [1.29, 1.82) is 0 Å². The van der Waals surface area contributed by atoms with Gasteiger partial charge in [-0.1, -0.05) is 0 Å². The maximum atomic E-state index is 12.5. The predicted octanol–water partition coefficient (Wildman–Crippen LogP) is 2.80.